The Hall–Kier alpha value is -1.31. The molecule has 0 aromatic heterocycles. The van der Waals surface area contributed by atoms with Crippen LogP contribution in [0.2, 0.25) is 5.02 Å². The Morgan fingerprint density at radius 2 is 1.33 bits per heavy atom. The highest BCUT2D eigenvalue weighted by Crippen LogP contribution is 2.23. The molecule has 0 aliphatic heterocycles. The van der Waals surface area contributed by atoms with Crippen molar-refractivity contribution in [2.45, 2.75) is 45.7 Å². The van der Waals surface area contributed by atoms with Crippen molar-refractivity contribution in [3.05, 3.63) is 70.2 Å². The van der Waals surface area contributed by atoms with Crippen molar-refractivity contribution in [2.75, 3.05) is 0 Å². The van der Waals surface area contributed by atoms with E-state index in [1.165, 1.54) is 16.7 Å². The molecule has 2 atom stereocenters. The summed E-state index contributed by atoms with van der Waals surface area (Å²) in [5.41, 5.74) is 3.91. The van der Waals surface area contributed by atoms with Crippen LogP contribution in [-0.2, 0) is 0 Å². The predicted molar refractivity (Wildman–Crippen MR) is 91.9 cm³/mol. The van der Waals surface area contributed by atoms with Gasteiger partial charge in [-0.1, -0.05) is 61.8 Å². The quantitative estimate of drug-likeness (QED) is 0.727. The zero-order chi connectivity index (χ0) is 15.4. The Labute approximate surface area is 133 Å². The molecule has 0 saturated heterocycles. The van der Waals surface area contributed by atoms with Crippen molar-refractivity contribution >= 4 is 11.6 Å². The molecule has 0 bridgehead atoms. The predicted octanol–water partition coefficient (Wildman–Crippen LogP) is 5.88. The molecule has 1 nitrogen and oxygen atoms in total. The summed E-state index contributed by atoms with van der Waals surface area (Å²) in [5.74, 6) is 0.577. The van der Waals surface area contributed by atoms with Crippen LogP contribution in [0.5, 0.6) is 0 Å². The SMILES string of the molecule is CC(C)c1ccc(C(C)NC(C)c2cccc(Cl)c2)cc1. The molecule has 0 heterocycles. The second kappa shape index (κ2) is 7.11. The van der Waals surface area contributed by atoms with Crippen molar-refractivity contribution in [3.63, 3.8) is 0 Å². The van der Waals surface area contributed by atoms with Crippen LogP contribution in [0.25, 0.3) is 0 Å². The Balaban J connectivity index is 2.05. The Morgan fingerprint density at radius 3 is 1.90 bits per heavy atom. The fourth-order valence-corrected chi connectivity index (χ4v) is 2.71. The number of hydrogen-bond acceptors (Lipinski definition) is 1. The van der Waals surface area contributed by atoms with Crippen molar-refractivity contribution in [1.29, 1.82) is 0 Å². The van der Waals surface area contributed by atoms with Gasteiger partial charge < -0.3 is 5.32 Å². The second-order valence-electron chi connectivity index (χ2n) is 5.99. The summed E-state index contributed by atoms with van der Waals surface area (Å²) in [6.45, 7) is 8.81. The molecule has 0 fully saturated rings. The minimum Gasteiger partial charge on any atom is -0.304 e. The molecular formula is C19H24ClN. The summed E-state index contributed by atoms with van der Waals surface area (Å²) in [5, 5.41) is 4.42. The minimum atomic E-state index is 0.267. The maximum Gasteiger partial charge on any atom is 0.0409 e. The van der Waals surface area contributed by atoms with Crippen LogP contribution in [-0.4, -0.2) is 0 Å². The topological polar surface area (TPSA) is 12.0 Å². The third kappa shape index (κ3) is 4.33. The van der Waals surface area contributed by atoms with Crippen molar-refractivity contribution in [2.24, 2.45) is 0 Å². The lowest BCUT2D eigenvalue weighted by Gasteiger charge is -2.21. The molecule has 21 heavy (non-hydrogen) atoms. The van der Waals surface area contributed by atoms with E-state index in [2.05, 4.69) is 63.3 Å². The van der Waals surface area contributed by atoms with Gasteiger partial charge in [0.1, 0.15) is 0 Å². The van der Waals surface area contributed by atoms with E-state index in [9.17, 15) is 0 Å². The van der Waals surface area contributed by atoms with Crippen LogP contribution in [0.1, 0.15) is 62.4 Å². The van der Waals surface area contributed by atoms with E-state index < -0.39 is 0 Å². The van der Waals surface area contributed by atoms with E-state index in [1.807, 2.05) is 18.2 Å². The summed E-state index contributed by atoms with van der Waals surface area (Å²) in [6, 6.07) is 17.5. The molecule has 2 rings (SSSR count). The molecule has 0 radical (unpaired) electrons. The van der Waals surface area contributed by atoms with E-state index in [0.29, 0.717) is 12.0 Å². The molecule has 2 unspecified atom stereocenters. The van der Waals surface area contributed by atoms with Crippen LogP contribution in [0, 0.1) is 0 Å². The van der Waals surface area contributed by atoms with Gasteiger partial charge in [0.25, 0.3) is 0 Å². The number of halogens is 1. The average molecular weight is 302 g/mol. The largest absolute Gasteiger partial charge is 0.304 e. The van der Waals surface area contributed by atoms with Crippen LogP contribution >= 0.6 is 11.6 Å². The summed E-state index contributed by atoms with van der Waals surface area (Å²) in [7, 11) is 0. The lowest BCUT2D eigenvalue weighted by Crippen LogP contribution is -2.22. The van der Waals surface area contributed by atoms with Crippen LogP contribution in [0.4, 0.5) is 0 Å². The number of hydrogen-bond donors (Lipinski definition) is 1. The zero-order valence-electron chi connectivity index (χ0n) is 13.2. The summed E-state index contributed by atoms with van der Waals surface area (Å²) >= 11 is 6.06. The van der Waals surface area contributed by atoms with E-state index in [0.717, 1.165) is 5.02 Å². The van der Waals surface area contributed by atoms with Crippen molar-refractivity contribution in [1.82, 2.24) is 5.32 Å². The van der Waals surface area contributed by atoms with Gasteiger partial charge in [0, 0.05) is 17.1 Å². The molecule has 0 spiro atoms. The van der Waals surface area contributed by atoms with Gasteiger partial charge in [0.2, 0.25) is 0 Å². The van der Waals surface area contributed by atoms with E-state index in [1.54, 1.807) is 0 Å². The number of nitrogens with one attached hydrogen (secondary N) is 1. The first-order valence-electron chi connectivity index (χ1n) is 7.58. The summed E-state index contributed by atoms with van der Waals surface area (Å²) < 4.78 is 0. The van der Waals surface area contributed by atoms with Gasteiger partial charge in [-0.3, -0.25) is 0 Å². The molecular weight excluding hydrogens is 278 g/mol. The zero-order valence-corrected chi connectivity index (χ0v) is 14.0. The lowest BCUT2D eigenvalue weighted by atomic mass is 9.99. The van der Waals surface area contributed by atoms with Crippen LogP contribution in [0.3, 0.4) is 0 Å². The molecule has 0 saturated carbocycles. The first kappa shape index (κ1) is 16.1. The first-order valence-corrected chi connectivity index (χ1v) is 7.96. The highest BCUT2D eigenvalue weighted by molar-refractivity contribution is 6.30. The van der Waals surface area contributed by atoms with Gasteiger partial charge in [-0.2, -0.15) is 0 Å². The summed E-state index contributed by atoms with van der Waals surface area (Å²) in [6.07, 6.45) is 0. The van der Waals surface area contributed by atoms with Gasteiger partial charge in [-0.15, -0.1) is 0 Å². The number of benzene rings is 2. The monoisotopic (exact) mass is 301 g/mol. The molecule has 2 heteroatoms. The fourth-order valence-electron chi connectivity index (χ4n) is 2.51. The van der Waals surface area contributed by atoms with Crippen LogP contribution in [0.15, 0.2) is 48.5 Å². The smallest absolute Gasteiger partial charge is 0.0409 e. The Kier molecular flexibility index (Phi) is 5.44. The Bertz CT molecular complexity index is 574. The molecule has 2 aromatic rings. The molecule has 1 N–H and O–H groups in total. The normalized spacial score (nSPS) is 14.2. The highest BCUT2D eigenvalue weighted by Gasteiger charge is 2.11. The minimum absolute atomic E-state index is 0.267. The van der Waals surface area contributed by atoms with Crippen LogP contribution < -0.4 is 5.32 Å². The molecule has 0 aliphatic rings. The van der Waals surface area contributed by atoms with Gasteiger partial charge in [0.05, 0.1) is 0 Å². The van der Waals surface area contributed by atoms with Gasteiger partial charge in [0.15, 0.2) is 0 Å². The van der Waals surface area contributed by atoms with Crippen molar-refractivity contribution < 1.29 is 0 Å². The van der Waals surface area contributed by atoms with E-state index >= 15 is 0 Å². The van der Waals surface area contributed by atoms with Crippen molar-refractivity contribution in [3.8, 4) is 0 Å². The molecule has 0 aliphatic carbocycles. The van der Waals surface area contributed by atoms with E-state index in [-0.39, 0.29) is 6.04 Å². The fraction of sp³-hybridized carbons (Fsp3) is 0.368. The van der Waals surface area contributed by atoms with Gasteiger partial charge in [-0.05, 0) is 48.6 Å². The van der Waals surface area contributed by atoms with Gasteiger partial charge >= 0.3 is 0 Å². The maximum absolute atomic E-state index is 6.06. The maximum atomic E-state index is 6.06. The van der Waals surface area contributed by atoms with Gasteiger partial charge in [-0.25, -0.2) is 0 Å². The standard InChI is InChI=1S/C19H24ClN/c1-13(2)16-8-10-17(11-9-16)14(3)21-15(4)18-6-5-7-19(20)12-18/h5-15,21H,1-4H3. The molecule has 0 amide bonds. The molecule has 2 aromatic carbocycles. The Morgan fingerprint density at radius 1 is 0.762 bits per heavy atom. The van der Waals surface area contributed by atoms with E-state index in [4.69, 9.17) is 11.6 Å². The first-order chi connectivity index (χ1) is 9.97. The average Bonchev–Trinajstić information content (AvgIpc) is 2.47. The summed E-state index contributed by atoms with van der Waals surface area (Å²) in [4.78, 5) is 0. The highest BCUT2D eigenvalue weighted by atomic mass is 35.5. The third-order valence-corrected chi connectivity index (χ3v) is 4.19. The molecule has 112 valence electrons. The lowest BCUT2D eigenvalue weighted by molar-refractivity contribution is 0.494. The number of rotatable bonds is 5. The second-order valence-corrected chi connectivity index (χ2v) is 6.42. The third-order valence-electron chi connectivity index (χ3n) is 3.95.